The zero-order valence-electron chi connectivity index (χ0n) is 17.7. The number of amides is 1. The molecule has 2 aliphatic heterocycles. The SMILES string of the molecule is CNC1[C@H]2C[C@@H]1N(c1ccc(C(=O)Nc3cc(F)c4nc(C)cn4c3)c3nnccc13)C2. The van der Waals surface area contributed by atoms with Crippen molar-refractivity contribution in [3.8, 4) is 0 Å². The molecule has 8 nitrogen and oxygen atoms in total. The normalized spacial score (nSPS) is 21.8. The van der Waals surface area contributed by atoms with E-state index in [1.807, 2.05) is 19.2 Å². The number of anilines is 2. The molecule has 1 saturated carbocycles. The first-order valence-electron chi connectivity index (χ1n) is 10.7. The monoisotopic (exact) mass is 431 g/mol. The summed E-state index contributed by atoms with van der Waals surface area (Å²) in [7, 11) is 2.01. The second-order valence-corrected chi connectivity index (χ2v) is 8.60. The molecule has 0 radical (unpaired) electrons. The Hall–Kier alpha value is -3.59. The first-order valence-corrected chi connectivity index (χ1v) is 10.7. The summed E-state index contributed by atoms with van der Waals surface area (Å²) in [5.41, 5.74) is 3.27. The number of carbonyl (C=O) groups is 1. The number of halogens is 1. The standard InChI is InChI=1S/C23H22FN7O/c1-12-9-30-11-14(8-17(24)22(30)27-12)28-23(32)16-3-4-18(15-5-6-26-29-21(15)16)31-10-13-7-19(31)20(13)25-2/h3-6,8-9,11,13,19-20,25H,7,10H2,1-2H3,(H,28,32)/t13-,19-,20?/m0/s1. The molecular weight excluding hydrogens is 409 g/mol. The van der Waals surface area contributed by atoms with E-state index in [9.17, 15) is 9.18 Å². The Morgan fingerprint density at radius 2 is 2.12 bits per heavy atom. The van der Waals surface area contributed by atoms with Gasteiger partial charge in [0.15, 0.2) is 11.5 Å². The number of rotatable bonds is 4. The Morgan fingerprint density at radius 1 is 1.25 bits per heavy atom. The van der Waals surface area contributed by atoms with Crippen molar-refractivity contribution in [1.82, 2.24) is 24.9 Å². The van der Waals surface area contributed by atoms with Gasteiger partial charge in [0.25, 0.3) is 5.91 Å². The summed E-state index contributed by atoms with van der Waals surface area (Å²) in [6.07, 6.45) is 6.18. The van der Waals surface area contributed by atoms with Gasteiger partial charge in [-0.15, -0.1) is 5.10 Å². The van der Waals surface area contributed by atoms with Gasteiger partial charge in [0.1, 0.15) is 5.52 Å². The minimum Gasteiger partial charge on any atom is -0.366 e. The number of hydrogen-bond acceptors (Lipinski definition) is 6. The van der Waals surface area contributed by atoms with Crippen LogP contribution in [0.25, 0.3) is 16.6 Å². The van der Waals surface area contributed by atoms with Crippen molar-refractivity contribution in [3.63, 3.8) is 0 Å². The van der Waals surface area contributed by atoms with Gasteiger partial charge in [-0.3, -0.25) is 4.79 Å². The van der Waals surface area contributed by atoms with Crippen LogP contribution in [0.3, 0.4) is 0 Å². The first-order chi connectivity index (χ1) is 15.5. The van der Waals surface area contributed by atoms with Crippen LogP contribution in [0.2, 0.25) is 0 Å². The Labute approximate surface area is 183 Å². The highest BCUT2D eigenvalue weighted by Crippen LogP contribution is 2.45. The molecule has 3 fully saturated rings. The molecule has 5 heterocycles. The second-order valence-electron chi connectivity index (χ2n) is 8.60. The van der Waals surface area contributed by atoms with Crippen LogP contribution in [0.5, 0.6) is 0 Å². The van der Waals surface area contributed by atoms with Crippen LogP contribution >= 0.6 is 0 Å². The number of aryl methyl sites for hydroxylation is 1. The summed E-state index contributed by atoms with van der Waals surface area (Å²) < 4.78 is 16.0. The fourth-order valence-corrected chi connectivity index (χ4v) is 5.27. The quantitative estimate of drug-likeness (QED) is 0.517. The van der Waals surface area contributed by atoms with E-state index in [2.05, 4.69) is 30.7 Å². The number of fused-ring (bicyclic) bond motifs is 3. The van der Waals surface area contributed by atoms with Gasteiger partial charge in [-0.1, -0.05) is 0 Å². The third-order valence-corrected chi connectivity index (χ3v) is 6.73. The van der Waals surface area contributed by atoms with E-state index >= 15 is 0 Å². The molecule has 9 heteroatoms. The first kappa shape index (κ1) is 19.1. The van der Waals surface area contributed by atoms with E-state index in [0.29, 0.717) is 40.5 Å². The fourth-order valence-electron chi connectivity index (χ4n) is 5.27. The molecule has 1 aromatic carbocycles. The Kier molecular flexibility index (Phi) is 4.16. The van der Waals surface area contributed by atoms with Crippen molar-refractivity contribution in [1.29, 1.82) is 0 Å². The summed E-state index contributed by atoms with van der Waals surface area (Å²) in [4.78, 5) is 19.7. The number of hydrogen-bond donors (Lipinski definition) is 2. The summed E-state index contributed by atoms with van der Waals surface area (Å²) >= 11 is 0. The average molecular weight is 431 g/mol. The van der Waals surface area contributed by atoms with Gasteiger partial charge in [-0.25, -0.2) is 9.37 Å². The third-order valence-electron chi connectivity index (χ3n) is 6.73. The van der Waals surface area contributed by atoms with Crippen molar-refractivity contribution >= 4 is 33.8 Å². The average Bonchev–Trinajstić information content (AvgIpc) is 3.46. The van der Waals surface area contributed by atoms with Crippen LogP contribution in [0.4, 0.5) is 15.8 Å². The fraction of sp³-hybridized carbons (Fsp3) is 0.304. The number of benzene rings is 1. The van der Waals surface area contributed by atoms with Gasteiger partial charge in [0.2, 0.25) is 0 Å². The molecule has 1 unspecified atom stereocenters. The molecule has 32 heavy (non-hydrogen) atoms. The maximum absolute atomic E-state index is 14.4. The summed E-state index contributed by atoms with van der Waals surface area (Å²) in [6.45, 7) is 2.78. The van der Waals surface area contributed by atoms with Crippen molar-refractivity contribution < 1.29 is 9.18 Å². The highest BCUT2D eigenvalue weighted by atomic mass is 19.1. The third kappa shape index (κ3) is 2.77. The molecule has 3 aliphatic rings. The Balaban J connectivity index is 1.35. The van der Waals surface area contributed by atoms with Crippen LogP contribution in [-0.4, -0.2) is 51.2 Å². The lowest BCUT2D eigenvalue weighted by Crippen LogP contribution is -2.51. The topological polar surface area (TPSA) is 87.5 Å². The second kappa shape index (κ2) is 6.96. The number of aromatic nitrogens is 4. The summed E-state index contributed by atoms with van der Waals surface area (Å²) in [5, 5.41) is 15.4. The van der Waals surface area contributed by atoms with Gasteiger partial charge >= 0.3 is 0 Å². The molecule has 1 amide bonds. The minimum atomic E-state index is -0.497. The molecule has 3 atom stereocenters. The highest BCUT2D eigenvalue weighted by Gasteiger charge is 2.51. The largest absolute Gasteiger partial charge is 0.366 e. The zero-order chi connectivity index (χ0) is 22.0. The lowest BCUT2D eigenvalue weighted by atomic mass is 9.80. The molecule has 2 bridgehead atoms. The predicted molar refractivity (Wildman–Crippen MR) is 119 cm³/mol. The molecule has 2 N–H and O–H groups in total. The number of nitrogens with one attached hydrogen (secondary N) is 2. The summed E-state index contributed by atoms with van der Waals surface area (Å²) in [6, 6.07) is 7.89. The molecule has 4 aromatic rings. The number of nitrogens with zero attached hydrogens (tertiary/aromatic N) is 5. The lowest BCUT2D eigenvalue weighted by molar-refractivity contribution is 0.102. The molecule has 7 rings (SSSR count). The molecule has 0 spiro atoms. The van der Waals surface area contributed by atoms with E-state index < -0.39 is 5.82 Å². The Morgan fingerprint density at radius 3 is 2.94 bits per heavy atom. The van der Waals surface area contributed by atoms with E-state index in [-0.39, 0.29) is 11.6 Å². The van der Waals surface area contributed by atoms with Crippen LogP contribution in [-0.2, 0) is 0 Å². The van der Waals surface area contributed by atoms with Crippen molar-refractivity contribution in [2.75, 3.05) is 23.8 Å². The van der Waals surface area contributed by atoms with Crippen LogP contribution < -0.4 is 15.5 Å². The number of imidazole rings is 1. The molecular formula is C23H22FN7O. The van der Waals surface area contributed by atoms with Gasteiger partial charge in [0.05, 0.1) is 23.1 Å². The van der Waals surface area contributed by atoms with Gasteiger partial charge in [-0.05, 0) is 44.5 Å². The lowest BCUT2D eigenvalue weighted by Gasteiger charge is -2.37. The highest BCUT2D eigenvalue weighted by molar-refractivity contribution is 6.13. The van der Waals surface area contributed by atoms with Crippen LogP contribution in [0.15, 0.2) is 42.9 Å². The van der Waals surface area contributed by atoms with Crippen LogP contribution in [0, 0.1) is 18.7 Å². The number of likely N-dealkylation sites (N-methyl/N-ethyl adjacent to an activating group) is 1. The predicted octanol–water partition coefficient (Wildman–Crippen LogP) is 2.77. The summed E-state index contributed by atoms with van der Waals surface area (Å²) in [5.74, 6) is -0.214. The van der Waals surface area contributed by atoms with Crippen molar-refractivity contribution in [2.45, 2.75) is 25.4 Å². The molecule has 162 valence electrons. The minimum absolute atomic E-state index is 0.227. The maximum atomic E-state index is 14.4. The van der Waals surface area contributed by atoms with E-state index in [1.54, 1.807) is 36.0 Å². The Bertz CT molecular complexity index is 1380. The smallest absolute Gasteiger partial charge is 0.257 e. The number of carbonyl (C=O) groups excluding carboxylic acids is 1. The van der Waals surface area contributed by atoms with Crippen molar-refractivity contribution in [2.24, 2.45) is 5.92 Å². The van der Waals surface area contributed by atoms with E-state index in [4.69, 9.17) is 0 Å². The maximum Gasteiger partial charge on any atom is 0.257 e. The van der Waals surface area contributed by atoms with E-state index in [0.717, 1.165) is 17.6 Å². The van der Waals surface area contributed by atoms with Crippen molar-refractivity contribution in [3.05, 3.63) is 59.9 Å². The van der Waals surface area contributed by atoms with Crippen LogP contribution in [0.1, 0.15) is 22.5 Å². The van der Waals surface area contributed by atoms with Gasteiger partial charge in [-0.2, -0.15) is 5.10 Å². The zero-order valence-corrected chi connectivity index (χ0v) is 17.7. The van der Waals surface area contributed by atoms with Gasteiger partial charge in [0, 0.05) is 48.2 Å². The molecule has 2 saturated heterocycles. The van der Waals surface area contributed by atoms with Gasteiger partial charge < -0.3 is 19.9 Å². The number of pyridine rings is 1. The molecule has 3 aromatic heterocycles. The molecule has 1 aliphatic carbocycles. The van der Waals surface area contributed by atoms with E-state index in [1.165, 1.54) is 12.5 Å².